The summed E-state index contributed by atoms with van der Waals surface area (Å²) in [6, 6.07) is 46.5. The molecule has 4 nitrogen and oxygen atoms in total. The second kappa shape index (κ2) is 10.6. The fourth-order valence-corrected chi connectivity index (χ4v) is 7.00. The van der Waals surface area contributed by atoms with Crippen LogP contribution in [0, 0.1) is 6.92 Å². The van der Waals surface area contributed by atoms with Crippen molar-refractivity contribution in [1.29, 1.82) is 0 Å². The van der Waals surface area contributed by atoms with Crippen molar-refractivity contribution in [2.24, 2.45) is 0 Å². The van der Waals surface area contributed by atoms with Crippen LogP contribution in [0.4, 0.5) is 0 Å². The van der Waals surface area contributed by atoms with Crippen LogP contribution in [0.25, 0.3) is 61.1 Å². The average molecular weight is 592 g/mol. The molecule has 3 aromatic heterocycles. The van der Waals surface area contributed by atoms with Gasteiger partial charge in [0.05, 0.1) is 16.7 Å². The first kappa shape index (κ1) is 26.4. The largest absolute Gasteiger partial charge is 0.457 e. The summed E-state index contributed by atoms with van der Waals surface area (Å²) in [5.74, 6) is 2.41. The number of hydrogen-bond acceptors (Lipinski definition) is 3. The maximum atomic E-state index is 6.55. The average Bonchev–Trinajstić information content (AvgIpc) is 3.64. The molecule has 1 aliphatic carbocycles. The summed E-state index contributed by atoms with van der Waals surface area (Å²) in [5, 5.41) is 2.45. The molecule has 0 N–H and O–H groups in total. The van der Waals surface area contributed by atoms with Crippen LogP contribution in [0.2, 0.25) is 0 Å². The van der Waals surface area contributed by atoms with Gasteiger partial charge in [-0.05, 0) is 95.3 Å². The van der Waals surface area contributed by atoms with Crippen LogP contribution in [0.5, 0.6) is 11.5 Å². The molecule has 0 bridgehead atoms. The van der Waals surface area contributed by atoms with Crippen LogP contribution in [-0.4, -0.2) is 14.5 Å². The van der Waals surface area contributed by atoms with E-state index in [9.17, 15) is 0 Å². The van der Waals surface area contributed by atoms with E-state index < -0.39 is 0 Å². The van der Waals surface area contributed by atoms with E-state index in [1.807, 2.05) is 42.7 Å². The van der Waals surface area contributed by atoms with Crippen molar-refractivity contribution in [3.8, 4) is 50.8 Å². The van der Waals surface area contributed by atoms with Crippen molar-refractivity contribution in [1.82, 2.24) is 14.5 Å². The Morgan fingerprint density at radius 1 is 0.609 bits per heavy atom. The fourth-order valence-electron chi connectivity index (χ4n) is 7.00. The molecule has 218 valence electrons. The van der Waals surface area contributed by atoms with Gasteiger partial charge in [-0.3, -0.25) is 9.55 Å². The van der Waals surface area contributed by atoms with Crippen LogP contribution in [0.1, 0.15) is 16.7 Å². The maximum Gasteiger partial charge on any atom is 0.137 e. The molecule has 0 amide bonds. The Kier molecular flexibility index (Phi) is 6.07. The molecule has 0 atom stereocenters. The Morgan fingerprint density at radius 3 is 2.30 bits per heavy atom. The minimum Gasteiger partial charge on any atom is -0.457 e. The molecule has 0 unspecified atom stereocenters. The normalized spacial score (nSPS) is 11.9. The zero-order chi connectivity index (χ0) is 30.6. The van der Waals surface area contributed by atoms with Gasteiger partial charge in [0.15, 0.2) is 0 Å². The van der Waals surface area contributed by atoms with Gasteiger partial charge in [0, 0.05) is 40.4 Å². The molecule has 8 aromatic rings. The first-order chi connectivity index (χ1) is 22.7. The quantitative estimate of drug-likeness (QED) is 0.200. The van der Waals surface area contributed by atoms with Gasteiger partial charge in [-0.25, -0.2) is 4.98 Å². The zero-order valence-electron chi connectivity index (χ0n) is 25.3. The Hall–Kier alpha value is -6.00. The SMILES string of the molecule is Cc1cc(-c2cccc(Oc3ccc4c5c6c(ccc5n(-c5ccccn5)c4c3)Cc3ccccc3-6)c2)ncc1-c1ccccc1. The summed E-state index contributed by atoms with van der Waals surface area (Å²) in [6.07, 6.45) is 4.77. The molecular formula is C42H29N3O. The van der Waals surface area contributed by atoms with Gasteiger partial charge in [0.25, 0.3) is 0 Å². The van der Waals surface area contributed by atoms with E-state index in [4.69, 9.17) is 14.7 Å². The number of ether oxygens (including phenoxy) is 1. The molecule has 0 radical (unpaired) electrons. The predicted molar refractivity (Wildman–Crippen MR) is 187 cm³/mol. The number of pyridine rings is 2. The Balaban J connectivity index is 1.13. The van der Waals surface area contributed by atoms with E-state index >= 15 is 0 Å². The highest BCUT2D eigenvalue weighted by Gasteiger charge is 2.25. The molecule has 3 heterocycles. The van der Waals surface area contributed by atoms with E-state index in [-0.39, 0.29) is 0 Å². The molecule has 0 fully saturated rings. The molecule has 0 aliphatic heterocycles. The predicted octanol–water partition coefficient (Wildman–Crippen LogP) is 10.6. The van der Waals surface area contributed by atoms with Gasteiger partial charge in [0.1, 0.15) is 17.3 Å². The number of nitrogens with zero attached hydrogens (tertiary/aromatic N) is 3. The van der Waals surface area contributed by atoms with Gasteiger partial charge >= 0.3 is 0 Å². The lowest BCUT2D eigenvalue weighted by molar-refractivity contribution is 0.483. The Morgan fingerprint density at radius 2 is 1.43 bits per heavy atom. The third-order valence-corrected chi connectivity index (χ3v) is 9.10. The summed E-state index contributed by atoms with van der Waals surface area (Å²) >= 11 is 0. The summed E-state index contributed by atoms with van der Waals surface area (Å²) in [7, 11) is 0. The fraction of sp³-hybridized carbons (Fsp3) is 0.0476. The van der Waals surface area contributed by atoms with E-state index in [1.165, 1.54) is 44.2 Å². The number of fused-ring (bicyclic) bond motifs is 7. The molecule has 46 heavy (non-hydrogen) atoms. The third kappa shape index (κ3) is 4.30. The van der Waals surface area contributed by atoms with Crippen LogP contribution < -0.4 is 4.74 Å². The zero-order valence-corrected chi connectivity index (χ0v) is 25.3. The minimum absolute atomic E-state index is 0.763. The first-order valence-electron chi connectivity index (χ1n) is 15.6. The lowest BCUT2D eigenvalue weighted by Gasteiger charge is -2.11. The van der Waals surface area contributed by atoms with E-state index in [0.717, 1.165) is 51.6 Å². The van der Waals surface area contributed by atoms with Crippen LogP contribution in [0.3, 0.4) is 0 Å². The molecule has 9 rings (SSSR count). The van der Waals surface area contributed by atoms with Crippen molar-refractivity contribution >= 4 is 21.8 Å². The molecular weight excluding hydrogens is 562 g/mol. The number of aryl methyl sites for hydroxylation is 1. The Labute approximate surface area is 267 Å². The van der Waals surface area contributed by atoms with Crippen molar-refractivity contribution < 1.29 is 4.74 Å². The molecule has 0 saturated carbocycles. The topological polar surface area (TPSA) is 39.9 Å². The highest BCUT2D eigenvalue weighted by molar-refractivity contribution is 6.17. The number of benzene rings is 5. The van der Waals surface area contributed by atoms with Crippen molar-refractivity contribution in [3.63, 3.8) is 0 Å². The van der Waals surface area contributed by atoms with Crippen LogP contribution in [-0.2, 0) is 6.42 Å². The van der Waals surface area contributed by atoms with Gasteiger partial charge in [-0.2, -0.15) is 0 Å². The first-order valence-corrected chi connectivity index (χ1v) is 15.6. The van der Waals surface area contributed by atoms with Gasteiger partial charge < -0.3 is 4.74 Å². The number of aromatic nitrogens is 3. The highest BCUT2D eigenvalue weighted by Crippen LogP contribution is 2.46. The monoisotopic (exact) mass is 591 g/mol. The van der Waals surface area contributed by atoms with Crippen LogP contribution >= 0.6 is 0 Å². The maximum absolute atomic E-state index is 6.55. The molecule has 1 aliphatic rings. The standard InChI is InChI=1S/C42H29N3O/c1-27-22-37(44-26-36(27)28-10-3-2-4-11-28)30-13-9-14-32(24-30)46-33-18-19-35-39(25-33)45(40-16-7-8-21-43-40)38-20-17-31-23-29-12-5-6-15-34(29)41(31)42(35)38/h2-22,24-26H,23H2,1H3. The minimum atomic E-state index is 0.763. The van der Waals surface area contributed by atoms with Gasteiger partial charge in [-0.15, -0.1) is 0 Å². The molecule has 0 saturated heterocycles. The lowest BCUT2D eigenvalue weighted by atomic mass is 9.99. The summed E-state index contributed by atoms with van der Waals surface area (Å²) < 4.78 is 8.81. The van der Waals surface area contributed by atoms with Crippen molar-refractivity contribution in [3.05, 3.63) is 163 Å². The summed E-state index contributed by atoms with van der Waals surface area (Å²) in [4.78, 5) is 9.59. The Bertz CT molecular complexity index is 2430. The highest BCUT2D eigenvalue weighted by atomic mass is 16.5. The number of hydrogen-bond donors (Lipinski definition) is 0. The lowest BCUT2D eigenvalue weighted by Crippen LogP contribution is -1.97. The van der Waals surface area contributed by atoms with Gasteiger partial charge in [-0.1, -0.05) is 78.9 Å². The third-order valence-electron chi connectivity index (χ3n) is 9.10. The summed E-state index contributed by atoms with van der Waals surface area (Å²) in [6.45, 7) is 2.14. The summed E-state index contributed by atoms with van der Waals surface area (Å²) in [5.41, 5.74) is 13.0. The van der Waals surface area contributed by atoms with E-state index in [2.05, 4.69) is 115 Å². The smallest absolute Gasteiger partial charge is 0.137 e. The number of rotatable bonds is 5. The molecule has 0 spiro atoms. The second-order valence-corrected chi connectivity index (χ2v) is 11.9. The molecule has 5 aromatic carbocycles. The van der Waals surface area contributed by atoms with Crippen LogP contribution in [0.15, 0.2) is 146 Å². The van der Waals surface area contributed by atoms with E-state index in [1.54, 1.807) is 0 Å². The second-order valence-electron chi connectivity index (χ2n) is 11.9. The molecule has 4 heteroatoms. The van der Waals surface area contributed by atoms with Crippen molar-refractivity contribution in [2.45, 2.75) is 13.3 Å². The van der Waals surface area contributed by atoms with Crippen molar-refractivity contribution in [2.75, 3.05) is 0 Å². The van der Waals surface area contributed by atoms with E-state index in [0.29, 0.717) is 0 Å². The van der Waals surface area contributed by atoms with Gasteiger partial charge in [0.2, 0.25) is 0 Å².